The molecule has 0 bridgehead atoms. The molecule has 1 rings (SSSR count). The zero-order valence-electron chi connectivity index (χ0n) is 13.0. The average Bonchev–Trinajstić information content (AvgIpc) is 2.34. The lowest BCUT2D eigenvalue weighted by atomic mass is 9.62. The quantitative estimate of drug-likeness (QED) is 0.603. The molecule has 19 heavy (non-hydrogen) atoms. The minimum absolute atomic E-state index is 0.0495. The summed E-state index contributed by atoms with van der Waals surface area (Å²) in [4.78, 5) is 0. The van der Waals surface area contributed by atoms with Crippen molar-refractivity contribution in [2.24, 2.45) is 35.1 Å². The predicted octanol–water partition coefficient (Wildman–Crippen LogP) is 2.51. The third kappa shape index (κ3) is 4.17. The van der Waals surface area contributed by atoms with E-state index in [1.165, 1.54) is 25.7 Å². The number of rotatable bonds is 9. The largest absolute Gasteiger partial charge is 0.396 e. The molecule has 3 nitrogen and oxygen atoms in total. The minimum atomic E-state index is -0.0495. The van der Waals surface area contributed by atoms with Crippen molar-refractivity contribution in [3.8, 4) is 0 Å². The molecule has 5 N–H and O–H groups in total. The molecular formula is C16H34N2O. The molecule has 0 heterocycles. The van der Waals surface area contributed by atoms with E-state index in [2.05, 4.69) is 20.8 Å². The molecule has 0 saturated heterocycles. The van der Waals surface area contributed by atoms with Crippen molar-refractivity contribution in [1.29, 1.82) is 0 Å². The molecular weight excluding hydrogens is 236 g/mol. The van der Waals surface area contributed by atoms with Crippen molar-refractivity contribution in [1.82, 2.24) is 0 Å². The fourth-order valence-electron chi connectivity index (χ4n) is 3.78. The summed E-state index contributed by atoms with van der Waals surface area (Å²) < 4.78 is 0. The van der Waals surface area contributed by atoms with Crippen LogP contribution in [0.5, 0.6) is 0 Å². The van der Waals surface area contributed by atoms with E-state index in [0.29, 0.717) is 5.92 Å². The van der Waals surface area contributed by atoms with Gasteiger partial charge in [0.2, 0.25) is 0 Å². The Morgan fingerprint density at radius 2 is 1.63 bits per heavy atom. The molecule has 0 spiro atoms. The third-order valence-corrected chi connectivity index (χ3v) is 5.24. The Kier molecular flexibility index (Phi) is 7.33. The maximum absolute atomic E-state index is 9.47. The number of hydrogen-bond acceptors (Lipinski definition) is 3. The van der Waals surface area contributed by atoms with Crippen molar-refractivity contribution in [3.05, 3.63) is 0 Å². The Balaban J connectivity index is 2.54. The smallest absolute Gasteiger partial charge is 0.0474 e. The van der Waals surface area contributed by atoms with Gasteiger partial charge < -0.3 is 16.6 Å². The maximum atomic E-state index is 9.47. The second-order valence-corrected chi connectivity index (χ2v) is 6.56. The number of hydrogen-bond donors (Lipinski definition) is 3. The van der Waals surface area contributed by atoms with E-state index in [0.717, 1.165) is 24.7 Å². The summed E-state index contributed by atoms with van der Waals surface area (Å²) >= 11 is 0. The van der Waals surface area contributed by atoms with E-state index in [4.69, 9.17) is 11.5 Å². The molecule has 6 atom stereocenters. The third-order valence-electron chi connectivity index (χ3n) is 5.24. The van der Waals surface area contributed by atoms with Crippen LogP contribution in [0.3, 0.4) is 0 Å². The molecule has 1 saturated carbocycles. The van der Waals surface area contributed by atoms with Crippen molar-refractivity contribution in [2.45, 2.75) is 71.4 Å². The van der Waals surface area contributed by atoms with Gasteiger partial charge in [0.25, 0.3) is 0 Å². The highest BCUT2D eigenvalue weighted by Crippen LogP contribution is 2.43. The normalized spacial score (nSPS) is 29.4. The molecule has 4 unspecified atom stereocenters. The van der Waals surface area contributed by atoms with E-state index < -0.39 is 0 Å². The van der Waals surface area contributed by atoms with Crippen LogP contribution in [0.4, 0.5) is 0 Å². The van der Waals surface area contributed by atoms with Crippen LogP contribution in [-0.4, -0.2) is 23.8 Å². The molecule has 114 valence electrons. The first-order valence-electron chi connectivity index (χ1n) is 8.18. The first-order valence-corrected chi connectivity index (χ1v) is 8.18. The van der Waals surface area contributed by atoms with Gasteiger partial charge in [-0.15, -0.1) is 0 Å². The lowest BCUT2D eigenvalue weighted by molar-refractivity contribution is 0.0595. The van der Waals surface area contributed by atoms with E-state index in [9.17, 15) is 5.11 Å². The highest BCUT2D eigenvalue weighted by atomic mass is 16.3. The first-order chi connectivity index (χ1) is 9.06. The van der Waals surface area contributed by atoms with Crippen LogP contribution in [0, 0.1) is 23.7 Å². The summed E-state index contributed by atoms with van der Waals surface area (Å²) in [6.07, 6.45) is 7.11. The lowest BCUT2D eigenvalue weighted by Gasteiger charge is -2.46. The highest BCUT2D eigenvalue weighted by Gasteiger charge is 2.41. The second kappa shape index (κ2) is 8.23. The van der Waals surface area contributed by atoms with Crippen molar-refractivity contribution < 1.29 is 5.11 Å². The molecule has 1 aliphatic carbocycles. The minimum Gasteiger partial charge on any atom is -0.396 e. The van der Waals surface area contributed by atoms with Crippen LogP contribution in [0.25, 0.3) is 0 Å². The molecule has 1 fully saturated rings. The summed E-state index contributed by atoms with van der Waals surface area (Å²) in [5.41, 5.74) is 12.7. The van der Waals surface area contributed by atoms with E-state index in [-0.39, 0.29) is 24.6 Å². The van der Waals surface area contributed by atoms with Gasteiger partial charge in [-0.05, 0) is 42.9 Å². The molecule has 1 aliphatic rings. The van der Waals surface area contributed by atoms with Crippen LogP contribution < -0.4 is 11.5 Å². The number of aliphatic hydroxyl groups excluding tert-OH is 1. The zero-order chi connectivity index (χ0) is 14.4. The summed E-state index contributed by atoms with van der Waals surface area (Å²) in [7, 11) is 0. The second-order valence-electron chi connectivity index (χ2n) is 6.56. The molecule has 0 aromatic rings. The number of nitrogens with two attached hydrogens (primary N) is 2. The van der Waals surface area contributed by atoms with Crippen molar-refractivity contribution >= 4 is 0 Å². The van der Waals surface area contributed by atoms with Gasteiger partial charge in [0.1, 0.15) is 0 Å². The molecule has 0 radical (unpaired) electrons. The summed E-state index contributed by atoms with van der Waals surface area (Å²) in [5.74, 6) is 2.26. The number of aliphatic hydroxyl groups is 1. The van der Waals surface area contributed by atoms with E-state index in [1.54, 1.807) is 0 Å². The van der Waals surface area contributed by atoms with Crippen LogP contribution in [-0.2, 0) is 0 Å². The lowest BCUT2D eigenvalue weighted by Crippen LogP contribution is -2.56. The van der Waals surface area contributed by atoms with Crippen molar-refractivity contribution in [3.63, 3.8) is 0 Å². The van der Waals surface area contributed by atoms with Crippen molar-refractivity contribution in [2.75, 3.05) is 6.61 Å². The highest BCUT2D eigenvalue weighted by molar-refractivity contribution is 4.96. The monoisotopic (exact) mass is 270 g/mol. The van der Waals surface area contributed by atoms with Gasteiger partial charge in [-0.2, -0.15) is 0 Å². The fraction of sp³-hybridized carbons (Fsp3) is 1.00. The van der Waals surface area contributed by atoms with Crippen LogP contribution in [0.1, 0.15) is 59.3 Å². The zero-order valence-corrected chi connectivity index (χ0v) is 13.0. The first kappa shape index (κ1) is 16.9. The molecule has 0 aliphatic heterocycles. The average molecular weight is 270 g/mol. The van der Waals surface area contributed by atoms with Gasteiger partial charge in [0.15, 0.2) is 0 Å². The Labute approximate surface area is 119 Å². The van der Waals surface area contributed by atoms with Gasteiger partial charge in [-0.3, -0.25) is 0 Å². The Morgan fingerprint density at radius 3 is 2.05 bits per heavy atom. The topological polar surface area (TPSA) is 72.3 Å². The summed E-state index contributed by atoms with van der Waals surface area (Å²) in [5, 5.41) is 9.47. The Morgan fingerprint density at radius 1 is 1.05 bits per heavy atom. The standard InChI is InChI=1S/C16H34N2O/c1-4-6-11(3)13-8-9-14(13)16(18)15(17)12(10-19)7-5-2/h11-16,19H,4-10,17-18H2,1-3H3/t11-,12?,13?,14?,15?,16-/m0/s1. The predicted molar refractivity (Wildman–Crippen MR) is 81.7 cm³/mol. The summed E-state index contributed by atoms with van der Waals surface area (Å²) in [6, 6.07) is 0.00772. The molecule has 0 aromatic carbocycles. The van der Waals surface area contributed by atoms with Gasteiger partial charge in [0.05, 0.1) is 0 Å². The Hall–Kier alpha value is -0.120. The Bertz CT molecular complexity index is 247. The van der Waals surface area contributed by atoms with E-state index >= 15 is 0 Å². The van der Waals surface area contributed by atoms with Crippen LogP contribution in [0.15, 0.2) is 0 Å². The molecule has 0 amide bonds. The SMILES string of the molecule is CCCC(CO)C(N)[C@@H](N)C1CCC1[C@@H](C)CCC. The summed E-state index contributed by atoms with van der Waals surface area (Å²) in [6.45, 7) is 6.91. The van der Waals surface area contributed by atoms with Gasteiger partial charge in [-0.25, -0.2) is 0 Å². The molecule has 0 aromatic heterocycles. The van der Waals surface area contributed by atoms with Gasteiger partial charge in [-0.1, -0.05) is 40.0 Å². The van der Waals surface area contributed by atoms with Crippen LogP contribution in [0.2, 0.25) is 0 Å². The maximum Gasteiger partial charge on any atom is 0.0474 e. The van der Waals surface area contributed by atoms with Gasteiger partial charge in [0, 0.05) is 18.7 Å². The van der Waals surface area contributed by atoms with Crippen LogP contribution >= 0.6 is 0 Å². The molecule has 3 heteroatoms. The van der Waals surface area contributed by atoms with E-state index in [1.807, 2.05) is 0 Å². The van der Waals surface area contributed by atoms with Gasteiger partial charge >= 0.3 is 0 Å². The fourth-order valence-corrected chi connectivity index (χ4v) is 3.78.